The number of ether oxygens (including phenoxy) is 1. The molecule has 8 nitrogen and oxygen atoms in total. The van der Waals surface area contributed by atoms with Crippen molar-refractivity contribution in [1.82, 2.24) is 10.2 Å². The quantitative estimate of drug-likeness (QED) is 0.284. The monoisotopic (exact) mass is 643 g/mol. The minimum Gasteiger partial charge on any atom is -0.494 e. The van der Waals surface area contributed by atoms with Gasteiger partial charge in [0.25, 0.3) is 10.0 Å². The van der Waals surface area contributed by atoms with E-state index in [1.165, 1.54) is 17.0 Å². The zero-order chi connectivity index (χ0) is 30.2. The highest BCUT2D eigenvalue weighted by atomic mass is 79.9. The van der Waals surface area contributed by atoms with Crippen LogP contribution < -0.4 is 14.4 Å². The van der Waals surface area contributed by atoms with Gasteiger partial charge < -0.3 is 15.0 Å². The Labute approximate surface area is 251 Å². The number of carbonyl (C=O) groups is 2. The molecule has 0 saturated carbocycles. The molecule has 10 heteroatoms. The van der Waals surface area contributed by atoms with Gasteiger partial charge in [-0.05, 0) is 95.1 Å². The van der Waals surface area contributed by atoms with Gasteiger partial charge >= 0.3 is 0 Å². The first-order valence-corrected chi connectivity index (χ1v) is 15.7. The van der Waals surface area contributed by atoms with Crippen LogP contribution in [-0.4, -0.2) is 56.4 Å². The Morgan fingerprint density at radius 2 is 1.56 bits per heavy atom. The third-order valence-corrected chi connectivity index (χ3v) is 8.58. The molecule has 2 amide bonds. The number of amides is 2. The summed E-state index contributed by atoms with van der Waals surface area (Å²) < 4.78 is 35.2. The van der Waals surface area contributed by atoms with Crippen molar-refractivity contribution in [2.75, 3.05) is 24.0 Å². The number of hydrogen-bond acceptors (Lipinski definition) is 5. The fourth-order valence-electron chi connectivity index (χ4n) is 4.18. The summed E-state index contributed by atoms with van der Waals surface area (Å²) in [5, 5.41) is 2.93. The molecule has 0 fully saturated rings. The molecule has 0 bridgehead atoms. The maximum absolute atomic E-state index is 14.0. The molecule has 0 aliphatic rings. The summed E-state index contributed by atoms with van der Waals surface area (Å²) in [6.07, 6.45) is 0.502. The highest BCUT2D eigenvalue weighted by molar-refractivity contribution is 9.10. The summed E-state index contributed by atoms with van der Waals surface area (Å²) in [4.78, 5) is 28.6. The first-order chi connectivity index (χ1) is 19.3. The van der Waals surface area contributed by atoms with Crippen molar-refractivity contribution in [2.24, 2.45) is 0 Å². The molecule has 41 heavy (non-hydrogen) atoms. The lowest BCUT2D eigenvalue weighted by atomic mass is 10.1. The maximum atomic E-state index is 14.0. The summed E-state index contributed by atoms with van der Waals surface area (Å²) in [7, 11) is -4.14. The lowest BCUT2D eigenvalue weighted by molar-refractivity contribution is -0.139. The summed E-state index contributed by atoms with van der Waals surface area (Å²) in [6, 6.07) is 21.6. The maximum Gasteiger partial charge on any atom is 0.264 e. The molecule has 1 atom stereocenters. The van der Waals surface area contributed by atoms with Gasteiger partial charge in [0.1, 0.15) is 18.3 Å². The number of anilines is 1. The van der Waals surface area contributed by atoms with Crippen LogP contribution in [0.4, 0.5) is 5.69 Å². The summed E-state index contributed by atoms with van der Waals surface area (Å²) in [5.41, 5.74) is 0.803. The number of benzene rings is 3. The Bertz CT molecular complexity index is 1410. The van der Waals surface area contributed by atoms with Crippen molar-refractivity contribution in [2.45, 2.75) is 57.5 Å². The molecular weight excluding hydrogens is 606 g/mol. The fourth-order valence-corrected chi connectivity index (χ4v) is 5.86. The number of nitrogens with zero attached hydrogens (tertiary/aromatic N) is 2. The zero-order valence-corrected chi connectivity index (χ0v) is 26.5. The smallest absolute Gasteiger partial charge is 0.264 e. The van der Waals surface area contributed by atoms with E-state index in [-0.39, 0.29) is 17.3 Å². The lowest BCUT2D eigenvalue weighted by Gasteiger charge is -2.33. The second kappa shape index (κ2) is 14.0. The number of halogens is 1. The van der Waals surface area contributed by atoms with Crippen LogP contribution in [0.2, 0.25) is 0 Å². The topological polar surface area (TPSA) is 96.0 Å². The molecule has 220 valence electrons. The molecule has 3 aromatic carbocycles. The van der Waals surface area contributed by atoms with E-state index in [4.69, 9.17) is 4.74 Å². The van der Waals surface area contributed by atoms with Crippen LogP contribution in [0.3, 0.4) is 0 Å². The van der Waals surface area contributed by atoms with Crippen molar-refractivity contribution >= 4 is 43.5 Å². The van der Waals surface area contributed by atoms with Crippen molar-refractivity contribution < 1.29 is 22.7 Å². The summed E-state index contributed by atoms with van der Waals surface area (Å²) in [5.74, 6) is -0.227. The van der Waals surface area contributed by atoms with Crippen LogP contribution in [0.5, 0.6) is 5.75 Å². The van der Waals surface area contributed by atoms with Crippen molar-refractivity contribution in [3.05, 3.63) is 88.9 Å². The normalized spacial score (nSPS) is 12.3. The van der Waals surface area contributed by atoms with Gasteiger partial charge in [-0.1, -0.05) is 46.3 Å². The van der Waals surface area contributed by atoms with Gasteiger partial charge in [-0.3, -0.25) is 13.9 Å². The molecule has 3 rings (SSSR count). The molecule has 0 aromatic heterocycles. The highest BCUT2D eigenvalue weighted by Crippen LogP contribution is 2.27. The van der Waals surface area contributed by atoms with Gasteiger partial charge in [0.2, 0.25) is 11.8 Å². The lowest BCUT2D eigenvalue weighted by Crippen LogP contribution is -2.55. The number of nitrogens with one attached hydrogen (secondary N) is 1. The average Bonchev–Trinajstić information content (AvgIpc) is 2.92. The Morgan fingerprint density at radius 1 is 0.951 bits per heavy atom. The van der Waals surface area contributed by atoms with E-state index in [2.05, 4.69) is 21.2 Å². The first-order valence-electron chi connectivity index (χ1n) is 13.5. The minimum atomic E-state index is -4.14. The molecule has 0 aliphatic carbocycles. The van der Waals surface area contributed by atoms with Gasteiger partial charge in [-0.2, -0.15) is 0 Å². The van der Waals surface area contributed by atoms with E-state index >= 15 is 0 Å². The number of rotatable bonds is 12. The van der Waals surface area contributed by atoms with Gasteiger partial charge in [-0.25, -0.2) is 8.42 Å². The molecule has 0 heterocycles. The minimum absolute atomic E-state index is 0.0387. The van der Waals surface area contributed by atoms with E-state index in [1.54, 1.807) is 43.3 Å². The van der Waals surface area contributed by atoms with E-state index < -0.39 is 34.1 Å². The van der Waals surface area contributed by atoms with Gasteiger partial charge in [-0.15, -0.1) is 0 Å². The molecule has 1 N–H and O–H groups in total. The van der Waals surface area contributed by atoms with Crippen LogP contribution in [0, 0.1) is 0 Å². The Balaban J connectivity index is 1.99. The van der Waals surface area contributed by atoms with E-state index in [0.717, 1.165) is 14.3 Å². The van der Waals surface area contributed by atoms with Crippen LogP contribution in [0.25, 0.3) is 0 Å². The molecule has 0 aliphatic heterocycles. The molecule has 0 saturated heterocycles. The molecule has 0 radical (unpaired) electrons. The van der Waals surface area contributed by atoms with E-state index in [1.807, 2.05) is 58.0 Å². The summed E-state index contributed by atoms with van der Waals surface area (Å²) >= 11 is 3.34. The predicted molar refractivity (Wildman–Crippen MR) is 166 cm³/mol. The Morgan fingerprint density at radius 3 is 2.12 bits per heavy atom. The third-order valence-electron chi connectivity index (χ3n) is 6.27. The van der Waals surface area contributed by atoms with Gasteiger partial charge in [0.15, 0.2) is 0 Å². The highest BCUT2D eigenvalue weighted by Gasteiger charge is 2.33. The molecular formula is C31H38BrN3O5S. The molecule has 0 spiro atoms. The van der Waals surface area contributed by atoms with Crippen LogP contribution in [0.1, 0.15) is 40.2 Å². The number of sulfonamides is 1. The van der Waals surface area contributed by atoms with Crippen LogP contribution in [-0.2, 0) is 26.0 Å². The average molecular weight is 645 g/mol. The predicted octanol–water partition coefficient (Wildman–Crippen LogP) is 5.42. The Hall–Kier alpha value is -3.37. The molecule has 1 unspecified atom stereocenters. The van der Waals surface area contributed by atoms with Crippen LogP contribution in [0.15, 0.2) is 88.2 Å². The van der Waals surface area contributed by atoms with Crippen LogP contribution >= 0.6 is 15.9 Å². The Kier molecular flexibility index (Phi) is 11.0. The second-order valence-electron chi connectivity index (χ2n) is 10.6. The number of hydrogen-bond donors (Lipinski definition) is 1. The first kappa shape index (κ1) is 32.1. The summed E-state index contributed by atoms with van der Waals surface area (Å²) in [6.45, 7) is 9.33. The standard InChI is InChI=1S/C31H38BrN3O5S/c1-6-40-27-16-14-26(15-17-27)35(41(38,39)28-18-12-25(32)13-19-28)22-29(36)34(21-20-24-10-8-7-9-11-24)23(2)30(37)33-31(3,4)5/h7-19,23H,6,20-22H2,1-5H3,(H,33,37). The second-order valence-corrected chi connectivity index (χ2v) is 13.4. The van der Waals surface area contributed by atoms with Crippen molar-refractivity contribution in [1.29, 1.82) is 0 Å². The van der Waals surface area contributed by atoms with Gasteiger partial charge in [0.05, 0.1) is 17.2 Å². The zero-order valence-electron chi connectivity index (χ0n) is 24.1. The SMILES string of the molecule is CCOc1ccc(N(CC(=O)N(CCc2ccccc2)C(C)C(=O)NC(C)(C)C)S(=O)(=O)c2ccc(Br)cc2)cc1. The number of carbonyl (C=O) groups excluding carboxylic acids is 2. The van der Waals surface area contributed by atoms with E-state index in [0.29, 0.717) is 24.5 Å². The van der Waals surface area contributed by atoms with Crippen molar-refractivity contribution in [3.63, 3.8) is 0 Å². The van der Waals surface area contributed by atoms with E-state index in [9.17, 15) is 18.0 Å². The fraction of sp³-hybridized carbons (Fsp3) is 0.355. The molecule has 3 aromatic rings. The van der Waals surface area contributed by atoms with Gasteiger partial charge in [0, 0.05) is 16.6 Å². The largest absolute Gasteiger partial charge is 0.494 e. The third kappa shape index (κ3) is 9.06. The van der Waals surface area contributed by atoms with Crippen molar-refractivity contribution in [3.8, 4) is 5.75 Å².